The third-order valence-corrected chi connectivity index (χ3v) is 4.71. The zero-order chi connectivity index (χ0) is 20.3. The highest BCUT2D eigenvalue weighted by Gasteiger charge is 2.23. The van der Waals surface area contributed by atoms with Gasteiger partial charge >= 0.3 is 0 Å². The molecule has 0 atom stereocenters. The molecule has 0 aromatic heterocycles. The van der Waals surface area contributed by atoms with Crippen LogP contribution < -0.4 is 20.7 Å². The van der Waals surface area contributed by atoms with Crippen molar-refractivity contribution in [1.29, 1.82) is 0 Å². The maximum Gasteiger partial charge on any atom is 0.258 e. The number of hydrogen-bond acceptors (Lipinski definition) is 3. The highest BCUT2D eigenvalue weighted by molar-refractivity contribution is 14.0. The molecule has 1 amide bonds. The third kappa shape index (κ3) is 9.02. The minimum Gasteiger partial charge on any atom is -0.484 e. The Hall–Kier alpha value is -2.29. The monoisotopic (exact) mass is 522 g/mol. The fraction of sp³-hybridized carbons (Fsp3) is 0.391. The van der Waals surface area contributed by atoms with Gasteiger partial charge in [-0.25, -0.2) is 0 Å². The van der Waals surface area contributed by atoms with E-state index in [0.717, 1.165) is 44.7 Å². The molecular formula is C23H31IN4O2. The van der Waals surface area contributed by atoms with Crippen LogP contribution in [0.15, 0.2) is 59.6 Å². The van der Waals surface area contributed by atoms with Crippen LogP contribution in [0.1, 0.15) is 24.0 Å². The molecule has 1 aliphatic carbocycles. The molecule has 1 fully saturated rings. The Morgan fingerprint density at radius 1 is 0.967 bits per heavy atom. The van der Waals surface area contributed by atoms with Crippen LogP contribution in [-0.4, -0.2) is 44.7 Å². The number of nitrogens with zero attached hydrogens (tertiary/aromatic N) is 1. The number of benzene rings is 2. The molecule has 0 heterocycles. The lowest BCUT2D eigenvalue weighted by Crippen LogP contribution is -2.39. The molecule has 3 rings (SSSR count). The summed E-state index contributed by atoms with van der Waals surface area (Å²) in [7, 11) is 1.78. The van der Waals surface area contributed by atoms with E-state index in [9.17, 15) is 4.79 Å². The summed E-state index contributed by atoms with van der Waals surface area (Å²) in [5, 5.41) is 9.59. The van der Waals surface area contributed by atoms with Gasteiger partial charge < -0.3 is 20.7 Å². The van der Waals surface area contributed by atoms with Crippen molar-refractivity contribution in [2.45, 2.75) is 31.7 Å². The first-order chi connectivity index (χ1) is 14.2. The number of rotatable bonds is 10. The van der Waals surface area contributed by atoms with Gasteiger partial charge in [-0.2, -0.15) is 0 Å². The van der Waals surface area contributed by atoms with Crippen LogP contribution in [0.25, 0.3) is 0 Å². The quantitative estimate of drug-likeness (QED) is 0.255. The predicted molar refractivity (Wildman–Crippen MR) is 132 cm³/mol. The van der Waals surface area contributed by atoms with Crippen molar-refractivity contribution >= 4 is 35.8 Å². The number of carbonyl (C=O) groups is 1. The number of halogens is 1. The summed E-state index contributed by atoms with van der Waals surface area (Å²) in [4.78, 5) is 15.9. The topological polar surface area (TPSA) is 74.8 Å². The lowest BCUT2D eigenvalue weighted by atomic mass is 10.1. The van der Waals surface area contributed by atoms with Gasteiger partial charge in [0.25, 0.3) is 5.91 Å². The Labute approximate surface area is 195 Å². The zero-order valence-electron chi connectivity index (χ0n) is 17.4. The largest absolute Gasteiger partial charge is 0.484 e. The molecule has 0 unspecified atom stereocenters. The van der Waals surface area contributed by atoms with Crippen LogP contribution in [0, 0.1) is 0 Å². The van der Waals surface area contributed by atoms with Crippen molar-refractivity contribution in [2.24, 2.45) is 4.99 Å². The third-order valence-electron chi connectivity index (χ3n) is 4.71. The van der Waals surface area contributed by atoms with Gasteiger partial charge in [-0.05, 0) is 48.9 Å². The molecule has 1 saturated carbocycles. The molecule has 0 bridgehead atoms. The molecule has 0 saturated heterocycles. The summed E-state index contributed by atoms with van der Waals surface area (Å²) in [5.41, 5.74) is 2.51. The first-order valence-corrected chi connectivity index (χ1v) is 10.2. The highest BCUT2D eigenvalue weighted by Crippen LogP contribution is 2.18. The summed E-state index contributed by atoms with van der Waals surface area (Å²) in [6, 6.07) is 18.6. The number of carbonyl (C=O) groups excluding carboxylic acids is 1. The maximum absolute atomic E-state index is 11.7. The van der Waals surface area contributed by atoms with Gasteiger partial charge in [0.1, 0.15) is 5.75 Å². The van der Waals surface area contributed by atoms with Crippen molar-refractivity contribution in [3.8, 4) is 5.75 Å². The van der Waals surface area contributed by atoms with E-state index in [-0.39, 0.29) is 36.5 Å². The lowest BCUT2D eigenvalue weighted by molar-refractivity contribution is -0.123. The van der Waals surface area contributed by atoms with Gasteiger partial charge in [-0.3, -0.25) is 9.79 Å². The Balaban J connectivity index is 0.00000320. The van der Waals surface area contributed by atoms with Crippen molar-refractivity contribution < 1.29 is 9.53 Å². The molecule has 6 nitrogen and oxygen atoms in total. The maximum atomic E-state index is 11.7. The van der Waals surface area contributed by atoms with E-state index in [4.69, 9.17) is 4.74 Å². The van der Waals surface area contributed by atoms with Crippen LogP contribution in [0.4, 0.5) is 0 Å². The molecule has 0 aliphatic heterocycles. The molecular weight excluding hydrogens is 491 g/mol. The second-order valence-corrected chi connectivity index (χ2v) is 7.19. The van der Waals surface area contributed by atoms with Crippen molar-refractivity contribution in [3.63, 3.8) is 0 Å². The number of nitrogens with one attached hydrogen (secondary N) is 3. The fourth-order valence-corrected chi connectivity index (χ4v) is 2.91. The summed E-state index contributed by atoms with van der Waals surface area (Å²) in [6.45, 7) is 1.70. The van der Waals surface area contributed by atoms with Gasteiger partial charge in [0.2, 0.25) is 0 Å². The Bertz CT molecular complexity index is 793. The predicted octanol–water partition coefficient (Wildman–Crippen LogP) is 2.91. The van der Waals surface area contributed by atoms with Crippen molar-refractivity contribution in [1.82, 2.24) is 16.0 Å². The molecule has 1 aliphatic rings. The molecule has 7 heteroatoms. The lowest BCUT2D eigenvalue weighted by Gasteiger charge is -2.12. The number of ether oxygens (including phenoxy) is 1. The van der Waals surface area contributed by atoms with Gasteiger partial charge in [0.15, 0.2) is 12.6 Å². The van der Waals surface area contributed by atoms with Crippen LogP contribution >= 0.6 is 24.0 Å². The number of amides is 1. The summed E-state index contributed by atoms with van der Waals surface area (Å²) >= 11 is 0. The summed E-state index contributed by atoms with van der Waals surface area (Å²) in [5.74, 6) is 1.47. The second-order valence-electron chi connectivity index (χ2n) is 7.19. The standard InChI is InChI=1S/C23H30N4O2.HI/c1-24-23(25-15-13-18-5-3-2-4-6-18)26-16-14-19-7-11-21(12-8-19)29-17-22(28)27-20-9-10-20;/h2-8,11-12,20H,9-10,13-17H2,1H3,(H,27,28)(H2,24,25,26);1H. The van der Waals surface area contributed by atoms with Gasteiger partial charge in [0.05, 0.1) is 0 Å². The number of hydrogen-bond donors (Lipinski definition) is 3. The molecule has 162 valence electrons. The molecule has 0 spiro atoms. The average Bonchev–Trinajstić information content (AvgIpc) is 3.57. The molecule has 3 N–H and O–H groups in total. The molecule has 0 radical (unpaired) electrons. The molecule has 2 aromatic carbocycles. The van der Waals surface area contributed by atoms with E-state index in [0.29, 0.717) is 11.8 Å². The first-order valence-electron chi connectivity index (χ1n) is 10.2. The minimum atomic E-state index is -0.0491. The number of aliphatic imine (C=N–C) groups is 1. The Morgan fingerprint density at radius 3 is 2.13 bits per heavy atom. The average molecular weight is 522 g/mol. The first kappa shape index (κ1) is 24.0. The second kappa shape index (κ2) is 13.1. The zero-order valence-corrected chi connectivity index (χ0v) is 19.7. The SMILES string of the molecule is CN=C(NCCc1ccccc1)NCCc1ccc(OCC(=O)NC2CC2)cc1.I. The Morgan fingerprint density at radius 2 is 1.57 bits per heavy atom. The Kier molecular flexibility index (Phi) is 10.5. The van der Waals surface area contributed by atoms with E-state index in [2.05, 4.69) is 45.2 Å². The summed E-state index contributed by atoms with van der Waals surface area (Å²) < 4.78 is 5.54. The van der Waals surface area contributed by atoms with E-state index in [1.54, 1.807) is 7.05 Å². The minimum absolute atomic E-state index is 0. The number of guanidine groups is 1. The smallest absolute Gasteiger partial charge is 0.258 e. The van der Waals surface area contributed by atoms with Gasteiger partial charge in [-0.1, -0.05) is 42.5 Å². The molecule has 30 heavy (non-hydrogen) atoms. The van der Waals surface area contributed by atoms with Crippen LogP contribution in [-0.2, 0) is 17.6 Å². The normalized spacial score (nSPS) is 13.2. The van der Waals surface area contributed by atoms with Crippen molar-refractivity contribution in [2.75, 3.05) is 26.7 Å². The molecule has 2 aromatic rings. The fourth-order valence-electron chi connectivity index (χ4n) is 2.91. The van der Waals surface area contributed by atoms with Crippen LogP contribution in [0.2, 0.25) is 0 Å². The van der Waals surface area contributed by atoms with Crippen LogP contribution in [0.3, 0.4) is 0 Å². The van der Waals surface area contributed by atoms with Crippen molar-refractivity contribution in [3.05, 3.63) is 65.7 Å². The van der Waals surface area contributed by atoms with Gasteiger partial charge in [0, 0.05) is 26.2 Å². The van der Waals surface area contributed by atoms with E-state index in [1.807, 2.05) is 30.3 Å². The van der Waals surface area contributed by atoms with Crippen LogP contribution in [0.5, 0.6) is 5.75 Å². The van der Waals surface area contributed by atoms with E-state index in [1.165, 1.54) is 11.1 Å². The summed E-state index contributed by atoms with van der Waals surface area (Å²) in [6.07, 6.45) is 4.01. The van der Waals surface area contributed by atoms with E-state index >= 15 is 0 Å². The highest BCUT2D eigenvalue weighted by atomic mass is 127. The van der Waals surface area contributed by atoms with E-state index < -0.39 is 0 Å². The van der Waals surface area contributed by atoms with Gasteiger partial charge in [-0.15, -0.1) is 24.0 Å².